The fourth-order valence-electron chi connectivity index (χ4n) is 3.43. The first-order valence-corrected chi connectivity index (χ1v) is 9.48. The predicted octanol–water partition coefficient (Wildman–Crippen LogP) is 4.62. The fraction of sp³-hybridized carbons (Fsp3) is 0.136. The maximum atomic E-state index is 13.7. The van der Waals surface area contributed by atoms with Crippen LogP contribution in [0.4, 0.5) is 30.2 Å². The SMILES string of the molecule is O=C1C[C@@H](C(=O)Nc2ccc(NC(=O)c3ccco3)cc2C(F)(F)F)c2ccccc2N1. The lowest BCUT2D eigenvalue weighted by Gasteiger charge is -2.25. The minimum Gasteiger partial charge on any atom is -0.459 e. The van der Waals surface area contributed by atoms with E-state index in [2.05, 4.69) is 16.0 Å². The van der Waals surface area contributed by atoms with Crippen molar-refractivity contribution in [3.05, 3.63) is 77.7 Å². The average molecular weight is 443 g/mol. The molecular weight excluding hydrogens is 427 g/mol. The third kappa shape index (κ3) is 4.34. The predicted molar refractivity (Wildman–Crippen MR) is 109 cm³/mol. The largest absolute Gasteiger partial charge is 0.459 e. The van der Waals surface area contributed by atoms with Crippen molar-refractivity contribution in [2.45, 2.75) is 18.5 Å². The molecule has 1 aromatic heterocycles. The van der Waals surface area contributed by atoms with Gasteiger partial charge in [0.1, 0.15) is 0 Å². The summed E-state index contributed by atoms with van der Waals surface area (Å²) >= 11 is 0. The van der Waals surface area contributed by atoms with Crippen LogP contribution in [0.2, 0.25) is 0 Å². The summed E-state index contributed by atoms with van der Waals surface area (Å²) in [5.74, 6) is -2.88. The zero-order valence-corrected chi connectivity index (χ0v) is 16.3. The van der Waals surface area contributed by atoms with Crippen LogP contribution in [0.25, 0.3) is 0 Å². The zero-order chi connectivity index (χ0) is 22.9. The number of para-hydroxylation sites is 1. The Morgan fingerprint density at radius 3 is 2.53 bits per heavy atom. The lowest BCUT2D eigenvalue weighted by atomic mass is 9.89. The Bertz CT molecular complexity index is 1190. The van der Waals surface area contributed by atoms with Crippen molar-refractivity contribution in [1.82, 2.24) is 0 Å². The second kappa shape index (κ2) is 8.22. The first-order valence-electron chi connectivity index (χ1n) is 9.48. The van der Waals surface area contributed by atoms with E-state index in [0.29, 0.717) is 11.3 Å². The van der Waals surface area contributed by atoms with E-state index < -0.39 is 41.1 Å². The molecule has 7 nitrogen and oxygen atoms in total. The molecule has 0 saturated carbocycles. The second-order valence-corrected chi connectivity index (χ2v) is 7.07. The van der Waals surface area contributed by atoms with Gasteiger partial charge >= 0.3 is 6.18 Å². The number of hydrogen-bond acceptors (Lipinski definition) is 4. The maximum Gasteiger partial charge on any atom is 0.418 e. The third-order valence-electron chi connectivity index (χ3n) is 4.90. The molecule has 0 radical (unpaired) electrons. The number of halogens is 3. The topological polar surface area (TPSA) is 100 Å². The first-order chi connectivity index (χ1) is 15.2. The number of fused-ring (bicyclic) bond motifs is 1. The molecule has 10 heteroatoms. The number of hydrogen-bond donors (Lipinski definition) is 3. The minimum absolute atomic E-state index is 0.0646. The standard InChI is InChI=1S/C22H16F3N3O4/c23-22(24,25)15-10-12(26-21(31)18-6-3-9-32-18)7-8-17(15)28-20(30)14-11-19(29)27-16-5-2-1-4-13(14)16/h1-10,14H,11H2,(H,26,31)(H,27,29)(H,28,30)/t14-/m1/s1. The molecule has 3 amide bonds. The molecule has 3 aromatic rings. The summed E-state index contributed by atoms with van der Waals surface area (Å²) in [4.78, 5) is 36.8. The summed E-state index contributed by atoms with van der Waals surface area (Å²) in [7, 11) is 0. The van der Waals surface area contributed by atoms with Crippen molar-refractivity contribution >= 4 is 34.8 Å². The monoisotopic (exact) mass is 443 g/mol. The Kier molecular flexibility index (Phi) is 5.43. The van der Waals surface area contributed by atoms with Crippen LogP contribution < -0.4 is 16.0 Å². The molecule has 0 aliphatic carbocycles. The van der Waals surface area contributed by atoms with Crippen molar-refractivity contribution in [2.75, 3.05) is 16.0 Å². The molecule has 0 saturated heterocycles. The number of furan rings is 1. The highest BCUT2D eigenvalue weighted by atomic mass is 19.4. The van der Waals surface area contributed by atoms with Crippen molar-refractivity contribution in [1.29, 1.82) is 0 Å². The molecule has 3 N–H and O–H groups in total. The quantitative estimate of drug-likeness (QED) is 0.548. The van der Waals surface area contributed by atoms with Crippen LogP contribution in [0.3, 0.4) is 0 Å². The highest BCUT2D eigenvalue weighted by Crippen LogP contribution is 2.38. The number of rotatable bonds is 4. The summed E-state index contributed by atoms with van der Waals surface area (Å²) in [5, 5.41) is 7.24. The normalized spacial score (nSPS) is 15.5. The van der Waals surface area contributed by atoms with Gasteiger partial charge in [0.05, 0.1) is 23.4 Å². The van der Waals surface area contributed by atoms with Gasteiger partial charge in [-0.15, -0.1) is 0 Å². The second-order valence-electron chi connectivity index (χ2n) is 7.07. The van der Waals surface area contributed by atoms with E-state index in [0.717, 1.165) is 12.1 Å². The summed E-state index contributed by atoms with van der Waals surface area (Å²) in [6.45, 7) is 0. The van der Waals surface area contributed by atoms with Crippen LogP contribution in [0.5, 0.6) is 0 Å². The Hall–Kier alpha value is -4.08. The van der Waals surface area contributed by atoms with Crippen LogP contribution in [-0.2, 0) is 15.8 Å². The van der Waals surface area contributed by atoms with Gasteiger partial charge in [-0.1, -0.05) is 18.2 Å². The summed E-state index contributed by atoms with van der Waals surface area (Å²) < 4.78 is 46.0. The van der Waals surface area contributed by atoms with Crippen LogP contribution in [-0.4, -0.2) is 17.7 Å². The van der Waals surface area contributed by atoms with Gasteiger partial charge in [0.15, 0.2) is 5.76 Å². The molecule has 2 heterocycles. The number of anilines is 3. The molecule has 0 bridgehead atoms. The molecule has 4 rings (SSSR count). The van der Waals surface area contributed by atoms with Crippen molar-refractivity contribution in [3.63, 3.8) is 0 Å². The number of amides is 3. The van der Waals surface area contributed by atoms with E-state index in [-0.39, 0.29) is 17.9 Å². The van der Waals surface area contributed by atoms with Crippen LogP contribution >= 0.6 is 0 Å². The minimum atomic E-state index is -4.81. The van der Waals surface area contributed by atoms with Gasteiger partial charge in [-0.05, 0) is 42.0 Å². The number of benzene rings is 2. The lowest BCUT2D eigenvalue weighted by Crippen LogP contribution is -2.31. The Balaban J connectivity index is 1.60. The van der Waals surface area contributed by atoms with E-state index >= 15 is 0 Å². The van der Waals surface area contributed by atoms with Crippen LogP contribution in [0.1, 0.15) is 34.0 Å². The Morgan fingerprint density at radius 1 is 1.03 bits per heavy atom. The molecule has 164 valence electrons. The molecule has 0 fully saturated rings. The van der Waals surface area contributed by atoms with E-state index in [1.54, 1.807) is 24.3 Å². The Morgan fingerprint density at radius 2 is 1.81 bits per heavy atom. The summed E-state index contributed by atoms with van der Waals surface area (Å²) in [6.07, 6.45) is -3.74. The van der Waals surface area contributed by atoms with Gasteiger partial charge in [-0.3, -0.25) is 14.4 Å². The molecule has 1 atom stereocenters. The number of nitrogens with one attached hydrogen (secondary N) is 3. The first kappa shape index (κ1) is 21.2. The molecular formula is C22H16F3N3O4. The van der Waals surface area contributed by atoms with Gasteiger partial charge in [-0.25, -0.2) is 0 Å². The summed E-state index contributed by atoms with van der Waals surface area (Å²) in [6, 6.07) is 12.4. The van der Waals surface area contributed by atoms with Crippen LogP contribution in [0.15, 0.2) is 65.3 Å². The Labute approximate surface area is 179 Å². The maximum absolute atomic E-state index is 13.7. The smallest absolute Gasteiger partial charge is 0.418 e. The highest BCUT2D eigenvalue weighted by Gasteiger charge is 2.36. The number of alkyl halides is 3. The third-order valence-corrected chi connectivity index (χ3v) is 4.90. The molecule has 0 spiro atoms. The van der Waals surface area contributed by atoms with Gasteiger partial charge in [0, 0.05) is 17.8 Å². The van der Waals surface area contributed by atoms with E-state index in [1.807, 2.05) is 0 Å². The van der Waals surface area contributed by atoms with Gasteiger partial charge < -0.3 is 20.4 Å². The number of carbonyl (C=O) groups is 3. The van der Waals surface area contributed by atoms with Crippen molar-refractivity contribution in [2.24, 2.45) is 0 Å². The zero-order valence-electron chi connectivity index (χ0n) is 16.3. The van der Waals surface area contributed by atoms with Gasteiger partial charge in [-0.2, -0.15) is 13.2 Å². The molecule has 0 unspecified atom stereocenters. The molecule has 32 heavy (non-hydrogen) atoms. The van der Waals surface area contributed by atoms with Crippen LogP contribution in [0, 0.1) is 0 Å². The van der Waals surface area contributed by atoms with Crippen molar-refractivity contribution < 1.29 is 32.0 Å². The molecule has 1 aliphatic heterocycles. The average Bonchev–Trinajstić information content (AvgIpc) is 3.28. The highest BCUT2D eigenvalue weighted by molar-refractivity contribution is 6.06. The lowest BCUT2D eigenvalue weighted by molar-refractivity contribution is -0.137. The molecule has 2 aromatic carbocycles. The fourth-order valence-corrected chi connectivity index (χ4v) is 3.43. The molecule has 1 aliphatic rings. The van der Waals surface area contributed by atoms with E-state index in [9.17, 15) is 27.6 Å². The summed E-state index contributed by atoms with van der Waals surface area (Å²) in [5.41, 5.74) is -0.797. The number of carbonyl (C=O) groups excluding carboxylic acids is 3. The van der Waals surface area contributed by atoms with Gasteiger partial charge in [0.25, 0.3) is 5.91 Å². The van der Waals surface area contributed by atoms with E-state index in [1.165, 1.54) is 24.5 Å². The van der Waals surface area contributed by atoms with Gasteiger partial charge in [0.2, 0.25) is 11.8 Å². The van der Waals surface area contributed by atoms with E-state index in [4.69, 9.17) is 4.42 Å². The van der Waals surface area contributed by atoms with Crippen molar-refractivity contribution in [3.8, 4) is 0 Å².